The molecule has 0 atom stereocenters. The van der Waals surface area contributed by atoms with Crippen LogP contribution in [0.3, 0.4) is 0 Å². The molecule has 3 aromatic rings. The molecule has 110 valence electrons. The maximum atomic E-state index is 5.86. The van der Waals surface area contributed by atoms with Gasteiger partial charge in [0.15, 0.2) is 0 Å². The number of nitrogens with zero attached hydrogens (tertiary/aromatic N) is 4. The summed E-state index contributed by atoms with van der Waals surface area (Å²) in [4.78, 5) is 4.75. The summed E-state index contributed by atoms with van der Waals surface area (Å²) in [7, 11) is 0. The number of hydrogen-bond donors (Lipinski definition) is 1. The van der Waals surface area contributed by atoms with Crippen LogP contribution in [-0.2, 0) is 13.1 Å². The fourth-order valence-corrected chi connectivity index (χ4v) is 2.66. The van der Waals surface area contributed by atoms with E-state index in [1.54, 1.807) is 0 Å². The highest BCUT2D eigenvalue weighted by atomic mass is 15.3. The summed E-state index contributed by atoms with van der Waals surface area (Å²) in [5.74, 6) is 1.51. The van der Waals surface area contributed by atoms with Crippen molar-refractivity contribution in [3.63, 3.8) is 0 Å². The lowest BCUT2D eigenvalue weighted by molar-refractivity contribution is 0.517. The number of hydrogen-bond acceptors (Lipinski definition) is 3. The topological polar surface area (TPSA) is 61.7 Å². The van der Waals surface area contributed by atoms with Gasteiger partial charge in [-0.05, 0) is 30.7 Å². The highest BCUT2D eigenvalue weighted by Crippen LogP contribution is 2.24. The molecule has 0 spiro atoms. The molecule has 0 aliphatic heterocycles. The van der Waals surface area contributed by atoms with Gasteiger partial charge in [-0.3, -0.25) is 4.68 Å². The number of nitrogens with two attached hydrogens (primary N) is 1. The first-order valence-electron chi connectivity index (χ1n) is 7.38. The molecule has 3 rings (SSSR count). The van der Waals surface area contributed by atoms with Crippen molar-refractivity contribution in [2.24, 2.45) is 0 Å². The lowest BCUT2D eigenvalue weighted by Gasteiger charge is -2.11. The summed E-state index contributed by atoms with van der Waals surface area (Å²) in [6.45, 7) is 6.20. The van der Waals surface area contributed by atoms with Gasteiger partial charge >= 0.3 is 0 Å². The normalized spacial score (nSPS) is 11.6. The van der Waals surface area contributed by atoms with E-state index < -0.39 is 0 Å². The van der Waals surface area contributed by atoms with Crippen molar-refractivity contribution in [3.05, 3.63) is 42.5 Å². The minimum Gasteiger partial charge on any atom is -0.399 e. The lowest BCUT2D eigenvalue weighted by atomic mass is 10.2. The lowest BCUT2D eigenvalue weighted by Crippen LogP contribution is -2.08. The predicted molar refractivity (Wildman–Crippen MR) is 85.1 cm³/mol. The highest BCUT2D eigenvalue weighted by Gasteiger charge is 2.13. The molecule has 0 radical (unpaired) electrons. The second-order valence-electron chi connectivity index (χ2n) is 5.65. The third-order valence-corrected chi connectivity index (χ3v) is 3.65. The zero-order chi connectivity index (χ0) is 14.8. The SMILES string of the molecule is CC(C)c1nc2cc(N)ccc2n1CCCn1cccn1. The number of anilines is 1. The van der Waals surface area contributed by atoms with E-state index in [0.29, 0.717) is 5.92 Å². The fourth-order valence-electron chi connectivity index (χ4n) is 2.66. The molecule has 0 unspecified atom stereocenters. The van der Waals surface area contributed by atoms with Crippen molar-refractivity contribution >= 4 is 16.7 Å². The van der Waals surface area contributed by atoms with Gasteiger partial charge < -0.3 is 10.3 Å². The quantitative estimate of drug-likeness (QED) is 0.732. The van der Waals surface area contributed by atoms with Crippen LogP contribution < -0.4 is 5.73 Å². The Bertz CT molecular complexity index is 725. The van der Waals surface area contributed by atoms with E-state index in [2.05, 4.69) is 29.6 Å². The zero-order valence-electron chi connectivity index (χ0n) is 12.5. The number of aromatic nitrogens is 4. The Kier molecular flexibility index (Phi) is 3.64. The molecule has 5 heteroatoms. The summed E-state index contributed by atoms with van der Waals surface area (Å²) >= 11 is 0. The van der Waals surface area contributed by atoms with Gasteiger partial charge in [-0.15, -0.1) is 0 Å². The van der Waals surface area contributed by atoms with Crippen LogP contribution in [0, 0.1) is 0 Å². The van der Waals surface area contributed by atoms with Crippen molar-refractivity contribution in [1.82, 2.24) is 19.3 Å². The first kappa shape index (κ1) is 13.7. The number of rotatable bonds is 5. The third kappa shape index (κ3) is 2.77. The molecular formula is C16H21N5. The van der Waals surface area contributed by atoms with E-state index in [4.69, 9.17) is 10.7 Å². The molecule has 0 amide bonds. The summed E-state index contributed by atoms with van der Waals surface area (Å²) in [6, 6.07) is 7.91. The summed E-state index contributed by atoms with van der Waals surface area (Å²) < 4.78 is 4.27. The van der Waals surface area contributed by atoms with Crippen LogP contribution in [0.15, 0.2) is 36.7 Å². The number of fused-ring (bicyclic) bond motifs is 1. The minimum absolute atomic E-state index is 0.392. The Morgan fingerprint density at radius 2 is 2.10 bits per heavy atom. The Balaban J connectivity index is 1.86. The van der Waals surface area contributed by atoms with Crippen molar-refractivity contribution in [2.45, 2.75) is 39.3 Å². The second kappa shape index (κ2) is 5.60. The first-order chi connectivity index (χ1) is 10.1. The molecule has 0 saturated heterocycles. The van der Waals surface area contributed by atoms with E-state index in [1.807, 2.05) is 35.3 Å². The number of imidazole rings is 1. The maximum absolute atomic E-state index is 5.86. The van der Waals surface area contributed by atoms with E-state index in [1.165, 1.54) is 0 Å². The Morgan fingerprint density at radius 3 is 2.81 bits per heavy atom. The highest BCUT2D eigenvalue weighted by molar-refractivity contribution is 5.79. The molecule has 5 nitrogen and oxygen atoms in total. The number of aryl methyl sites for hydroxylation is 2. The van der Waals surface area contributed by atoms with Gasteiger partial charge in [0, 0.05) is 37.1 Å². The van der Waals surface area contributed by atoms with Crippen LogP contribution in [-0.4, -0.2) is 19.3 Å². The molecule has 0 bridgehead atoms. The van der Waals surface area contributed by atoms with Gasteiger partial charge in [0.25, 0.3) is 0 Å². The third-order valence-electron chi connectivity index (χ3n) is 3.65. The molecule has 0 saturated carbocycles. The van der Waals surface area contributed by atoms with Gasteiger partial charge in [0.1, 0.15) is 5.82 Å². The van der Waals surface area contributed by atoms with Crippen LogP contribution >= 0.6 is 0 Å². The zero-order valence-corrected chi connectivity index (χ0v) is 12.5. The predicted octanol–water partition coefficient (Wildman–Crippen LogP) is 3.03. The molecule has 2 heterocycles. The van der Waals surface area contributed by atoms with Crippen LogP contribution in [0.4, 0.5) is 5.69 Å². The Morgan fingerprint density at radius 1 is 1.24 bits per heavy atom. The van der Waals surface area contributed by atoms with Crippen molar-refractivity contribution in [2.75, 3.05) is 5.73 Å². The maximum Gasteiger partial charge on any atom is 0.112 e. The fraction of sp³-hybridized carbons (Fsp3) is 0.375. The first-order valence-corrected chi connectivity index (χ1v) is 7.38. The van der Waals surface area contributed by atoms with E-state index in [-0.39, 0.29) is 0 Å². The molecule has 2 N–H and O–H groups in total. The molecule has 0 fully saturated rings. The standard InChI is InChI=1S/C16H21N5/c1-12(2)16-19-14-11-13(17)5-6-15(14)21(16)10-4-9-20-8-3-7-18-20/h3,5-8,11-12H,4,9-10,17H2,1-2H3. The summed E-state index contributed by atoms with van der Waals surface area (Å²) in [6.07, 6.45) is 4.84. The summed E-state index contributed by atoms with van der Waals surface area (Å²) in [5, 5.41) is 4.24. The van der Waals surface area contributed by atoms with Crippen LogP contribution in [0.1, 0.15) is 32.0 Å². The average molecular weight is 283 g/mol. The van der Waals surface area contributed by atoms with Crippen LogP contribution in [0.2, 0.25) is 0 Å². The second-order valence-corrected chi connectivity index (χ2v) is 5.65. The van der Waals surface area contributed by atoms with E-state index in [9.17, 15) is 0 Å². The largest absolute Gasteiger partial charge is 0.399 e. The molecule has 0 aliphatic rings. The van der Waals surface area contributed by atoms with Crippen LogP contribution in [0.25, 0.3) is 11.0 Å². The van der Waals surface area contributed by atoms with Crippen molar-refractivity contribution < 1.29 is 0 Å². The smallest absolute Gasteiger partial charge is 0.112 e. The Labute approximate surface area is 124 Å². The van der Waals surface area contributed by atoms with Gasteiger partial charge in [0.05, 0.1) is 11.0 Å². The van der Waals surface area contributed by atoms with E-state index in [0.717, 1.165) is 42.1 Å². The monoisotopic (exact) mass is 283 g/mol. The molecular weight excluding hydrogens is 262 g/mol. The summed E-state index contributed by atoms with van der Waals surface area (Å²) in [5.41, 5.74) is 8.77. The van der Waals surface area contributed by atoms with Crippen LogP contribution in [0.5, 0.6) is 0 Å². The van der Waals surface area contributed by atoms with Crippen molar-refractivity contribution in [1.29, 1.82) is 0 Å². The van der Waals surface area contributed by atoms with Gasteiger partial charge in [-0.2, -0.15) is 5.10 Å². The minimum atomic E-state index is 0.392. The number of nitrogen functional groups attached to an aromatic ring is 1. The molecule has 2 aromatic heterocycles. The average Bonchev–Trinajstić information content (AvgIpc) is 3.06. The van der Waals surface area contributed by atoms with Crippen molar-refractivity contribution in [3.8, 4) is 0 Å². The molecule has 21 heavy (non-hydrogen) atoms. The number of benzene rings is 1. The van der Waals surface area contributed by atoms with Gasteiger partial charge in [-0.1, -0.05) is 13.8 Å². The Hall–Kier alpha value is -2.30. The molecule has 0 aliphatic carbocycles. The molecule has 1 aromatic carbocycles. The van der Waals surface area contributed by atoms with Gasteiger partial charge in [-0.25, -0.2) is 4.98 Å². The van der Waals surface area contributed by atoms with E-state index >= 15 is 0 Å². The van der Waals surface area contributed by atoms with Gasteiger partial charge in [0.2, 0.25) is 0 Å².